The second-order valence-electron chi connectivity index (χ2n) is 4.91. The molecular weight excluding hydrogens is 325 g/mol. The molecule has 0 saturated carbocycles. The molecule has 0 radical (unpaired) electrons. The van der Waals surface area contributed by atoms with Crippen molar-refractivity contribution in [2.75, 3.05) is 13.2 Å². The second-order valence-corrected chi connectivity index (χ2v) is 7.38. The number of benzene rings is 1. The number of nitrogens with one attached hydrogen (secondary N) is 1. The molecule has 3 N–H and O–H groups in total. The van der Waals surface area contributed by atoms with Crippen LogP contribution in [0.25, 0.3) is 0 Å². The van der Waals surface area contributed by atoms with E-state index >= 15 is 0 Å². The van der Waals surface area contributed by atoms with Crippen molar-refractivity contribution in [3.8, 4) is 11.5 Å². The van der Waals surface area contributed by atoms with Gasteiger partial charge in [0.25, 0.3) is 0 Å². The molecule has 2 aromatic rings. The number of hydrogen-bond acceptors (Lipinski definition) is 5. The Morgan fingerprint density at radius 3 is 2.68 bits per heavy atom. The fourth-order valence-corrected chi connectivity index (χ4v) is 3.94. The van der Waals surface area contributed by atoms with Gasteiger partial charge in [0.15, 0.2) is 11.5 Å². The van der Waals surface area contributed by atoms with E-state index in [4.69, 9.17) is 9.47 Å². The maximum atomic E-state index is 11.7. The van der Waals surface area contributed by atoms with E-state index in [1.165, 1.54) is 11.3 Å². The van der Waals surface area contributed by atoms with Crippen LogP contribution in [0.2, 0.25) is 0 Å². The van der Waals surface area contributed by atoms with Crippen LogP contribution in [0, 0.1) is 0 Å². The highest BCUT2D eigenvalue weighted by molar-refractivity contribution is 7.52. The lowest BCUT2D eigenvalue weighted by molar-refractivity contribution is 0.171. The molecular formula is C14H16NO5PS. The molecule has 6 nitrogen and oxygen atoms in total. The summed E-state index contributed by atoms with van der Waals surface area (Å²) in [4.78, 5) is 19.1. The lowest BCUT2D eigenvalue weighted by Gasteiger charge is -2.21. The Morgan fingerprint density at radius 1 is 1.23 bits per heavy atom. The van der Waals surface area contributed by atoms with Gasteiger partial charge in [-0.25, -0.2) is 0 Å². The highest BCUT2D eigenvalue weighted by atomic mass is 32.1. The smallest absolute Gasteiger partial charge is 0.346 e. The summed E-state index contributed by atoms with van der Waals surface area (Å²) in [6, 6.07) is 7.20. The van der Waals surface area contributed by atoms with E-state index < -0.39 is 13.4 Å². The molecule has 0 spiro atoms. The van der Waals surface area contributed by atoms with E-state index in [2.05, 4.69) is 5.32 Å². The Morgan fingerprint density at radius 2 is 2.00 bits per heavy atom. The molecule has 1 aliphatic heterocycles. The molecule has 1 aromatic heterocycles. The van der Waals surface area contributed by atoms with Crippen molar-refractivity contribution in [3.05, 3.63) is 46.2 Å². The molecule has 0 fully saturated rings. The molecule has 0 aliphatic carbocycles. The third-order valence-electron chi connectivity index (χ3n) is 3.30. The summed E-state index contributed by atoms with van der Waals surface area (Å²) in [6.45, 7) is 1.36. The lowest BCUT2D eigenvalue weighted by Crippen LogP contribution is -2.21. The SMILES string of the molecule is O=P(O)(O)C(NCc1ccc2c(c1)OCCO2)c1ccsc1. The number of hydrogen-bond donors (Lipinski definition) is 3. The van der Waals surface area contributed by atoms with Crippen molar-refractivity contribution >= 4 is 18.9 Å². The van der Waals surface area contributed by atoms with Crippen molar-refractivity contribution in [2.45, 2.75) is 12.3 Å². The number of rotatable bonds is 5. The Labute approximate surface area is 131 Å². The van der Waals surface area contributed by atoms with Gasteiger partial charge in [0.05, 0.1) is 0 Å². The predicted octanol–water partition coefficient (Wildman–Crippen LogP) is 2.49. The molecule has 1 atom stereocenters. The maximum Gasteiger partial charge on any atom is 0.346 e. The zero-order valence-electron chi connectivity index (χ0n) is 11.6. The topological polar surface area (TPSA) is 88.0 Å². The van der Waals surface area contributed by atoms with Crippen LogP contribution in [0.15, 0.2) is 35.0 Å². The molecule has 0 bridgehead atoms. The molecule has 1 unspecified atom stereocenters. The van der Waals surface area contributed by atoms with Gasteiger partial charge in [-0.2, -0.15) is 11.3 Å². The highest BCUT2D eigenvalue weighted by Crippen LogP contribution is 2.50. The summed E-state index contributed by atoms with van der Waals surface area (Å²) in [5, 5.41) is 6.46. The van der Waals surface area contributed by atoms with Gasteiger partial charge in [-0.1, -0.05) is 6.07 Å². The van der Waals surface area contributed by atoms with E-state index in [9.17, 15) is 14.4 Å². The van der Waals surface area contributed by atoms with Crippen molar-refractivity contribution in [3.63, 3.8) is 0 Å². The summed E-state index contributed by atoms with van der Waals surface area (Å²) in [6.07, 6.45) is 0. The summed E-state index contributed by atoms with van der Waals surface area (Å²) in [5.41, 5.74) is 1.47. The monoisotopic (exact) mass is 341 g/mol. The van der Waals surface area contributed by atoms with Crippen molar-refractivity contribution in [1.82, 2.24) is 5.32 Å². The number of thiophene rings is 1. The molecule has 8 heteroatoms. The van der Waals surface area contributed by atoms with E-state index in [-0.39, 0.29) is 0 Å². The second kappa shape index (κ2) is 6.40. The van der Waals surface area contributed by atoms with Crippen LogP contribution in [0.4, 0.5) is 0 Å². The van der Waals surface area contributed by atoms with Crippen molar-refractivity contribution < 1.29 is 23.8 Å². The fraction of sp³-hybridized carbons (Fsp3) is 0.286. The standard InChI is InChI=1S/C14H16NO5PS/c16-21(17,18)14(11-3-6-22-9-11)15-8-10-1-2-12-13(7-10)20-5-4-19-12/h1-3,6-7,9,14-15H,4-5,8H2,(H2,16,17,18). The first kappa shape index (κ1) is 15.5. The minimum Gasteiger partial charge on any atom is -0.486 e. The Bertz CT molecular complexity index is 685. The molecule has 22 heavy (non-hydrogen) atoms. The first-order valence-corrected chi connectivity index (χ1v) is 9.36. The Balaban J connectivity index is 1.74. The minimum absolute atomic E-state index is 0.322. The van der Waals surface area contributed by atoms with Crippen LogP contribution in [0.3, 0.4) is 0 Å². The Kier molecular flexibility index (Phi) is 4.52. The van der Waals surface area contributed by atoms with Gasteiger partial charge in [0.2, 0.25) is 0 Å². The summed E-state index contributed by atoms with van der Waals surface area (Å²) < 4.78 is 22.6. The van der Waals surface area contributed by atoms with Crippen LogP contribution in [0.1, 0.15) is 16.9 Å². The van der Waals surface area contributed by atoms with E-state index in [0.717, 1.165) is 5.56 Å². The minimum atomic E-state index is -4.28. The molecule has 118 valence electrons. The molecule has 0 saturated heterocycles. The average molecular weight is 341 g/mol. The zero-order valence-corrected chi connectivity index (χ0v) is 13.3. The summed E-state index contributed by atoms with van der Waals surface area (Å²) >= 11 is 1.40. The molecule has 2 heterocycles. The van der Waals surface area contributed by atoms with E-state index in [0.29, 0.717) is 36.8 Å². The summed E-state index contributed by atoms with van der Waals surface area (Å²) in [7, 11) is -4.28. The first-order valence-electron chi connectivity index (χ1n) is 6.73. The number of ether oxygens (including phenoxy) is 2. The molecule has 1 aliphatic rings. The Hall–Kier alpha value is -1.37. The lowest BCUT2D eigenvalue weighted by atomic mass is 10.2. The van der Waals surface area contributed by atoms with E-state index in [1.807, 2.05) is 18.2 Å². The number of fused-ring (bicyclic) bond motifs is 1. The van der Waals surface area contributed by atoms with Gasteiger partial charge in [-0.05, 0) is 40.1 Å². The molecule has 3 rings (SSSR count). The van der Waals surface area contributed by atoms with Crippen LogP contribution < -0.4 is 14.8 Å². The van der Waals surface area contributed by atoms with Crippen LogP contribution >= 0.6 is 18.9 Å². The van der Waals surface area contributed by atoms with Gasteiger partial charge < -0.3 is 19.3 Å². The molecule has 1 aromatic carbocycles. The predicted molar refractivity (Wildman–Crippen MR) is 83.4 cm³/mol. The molecule has 0 amide bonds. The zero-order chi connectivity index (χ0) is 15.6. The van der Waals surface area contributed by atoms with Gasteiger partial charge in [0.1, 0.15) is 19.0 Å². The largest absolute Gasteiger partial charge is 0.486 e. The third-order valence-corrected chi connectivity index (χ3v) is 5.16. The quantitative estimate of drug-likeness (QED) is 0.724. The summed E-state index contributed by atoms with van der Waals surface area (Å²) in [5.74, 6) is 0.347. The van der Waals surface area contributed by atoms with Crippen molar-refractivity contribution in [2.24, 2.45) is 0 Å². The first-order chi connectivity index (χ1) is 10.5. The third kappa shape index (κ3) is 3.51. The van der Waals surface area contributed by atoms with Gasteiger partial charge >= 0.3 is 7.60 Å². The normalized spacial score (nSPS) is 15.5. The average Bonchev–Trinajstić information content (AvgIpc) is 3.00. The fourth-order valence-electron chi connectivity index (χ4n) is 2.27. The van der Waals surface area contributed by atoms with Crippen LogP contribution in [-0.2, 0) is 11.1 Å². The maximum absolute atomic E-state index is 11.7. The van der Waals surface area contributed by atoms with Crippen LogP contribution in [-0.4, -0.2) is 23.0 Å². The van der Waals surface area contributed by atoms with Gasteiger partial charge in [-0.3, -0.25) is 9.88 Å². The van der Waals surface area contributed by atoms with Crippen LogP contribution in [0.5, 0.6) is 11.5 Å². The van der Waals surface area contributed by atoms with E-state index in [1.54, 1.807) is 16.8 Å². The van der Waals surface area contributed by atoms with Gasteiger partial charge in [-0.15, -0.1) is 0 Å². The van der Waals surface area contributed by atoms with Crippen molar-refractivity contribution in [1.29, 1.82) is 0 Å². The van der Waals surface area contributed by atoms with Gasteiger partial charge in [0, 0.05) is 6.54 Å². The highest BCUT2D eigenvalue weighted by Gasteiger charge is 2.30.